The van der Waals surface area contributed by atoms with Gasteiger partial charge in [0.25, 0.3) is 0 Å². The minimum absolute atomic E-state index is 0.0146. The number of para-hydroxylation sites is 1. The molecule has 1 aromatic heterocycles. The maximum absolute atomic E-state index is 12.1. The molecular weight excluding hydrogens is 564 g/mol. The molecule has 1 saturated carbocycles. The molecule has 9 heteroatoms. The molecule has 1 unspecified atom stereocenters. The Hall–Kier alpha value is -4.60. The number of nitrogens with zero attached hydrogens (tertiary/aromatic N) is 4. The van der Waals surface area contributed by atoms with E-state index in [1.54, 1.807) is 17.9 Å². The number of allylic oxidation sites excluding steroid dienone is 1. The van der Waals surface area contributed by atoms with Gasteiger partial charge in [0.15, 0.2) is 0 Å². The van der Waals surface area contributed by atoms with Gasteiger partial charge in [-0.1, -0.05) is 62.4 Å². The number of rotatable bonds is 8. The molecule has 2 aliphatic rings. The number of ether oxygens (including phenoxy) is 1. The van der Waals surface area contributed by atoms with Gasteiger partial charge in [0.05, 0.1) is 17.6 Å². The lowest BCUT2D eigenvalue weighted by Crippen LogP contribution is -2.40. The van der Waals surface area contributed by atoms with Crippen LogP contribution in [0.4, 0.5) is 0 Å². The minimum atomic E-state index is -1.00. The summed E-state index contributed by atoms with van der Waals surface area (Å²) >= 11 is 0. The average Bonchev–Trinajstić information content (AvgIpc) is 3.70. The van der Waals surface area contributed by atoms with Crippen molar-refractivity contribution in [3.63, 3.8) is 0 Å². The lowest BCUT2D eigenvalue weighted by Gasteiger charge is -2.29. The Bertz CT molecular complexity index is 1690. The number of hydrogen-bond donors (Lipinski definition) is 3. The largest absolute Gasteiger partial charge is 0.486 e. The van der Waals surface area contributed by atoms with Crippen molar-refractivity contribution in [1.82, 2.24) is 19.7 Å². The summed E-state index contributed by atoms with van der Waals surface area (Å²) in [7, 11) is 1.71. The quantitative estimate of drug-likeness (QED) is 0.161. The fourth-order valence-electron chi connectivity index (χ4n) is 6.22. The average molecular weight is 609 g/mol. The highest BCUT2D eigenvalue weighted by Gasteiger charge is 2.45. The van der Waals surface area contributed by atoms with E-state index >= 15 is 0 Å². The second kappa shape index (κ2) is 13.2. The Morgan fingerprint density at radius 1 is 1.09 bits per heavy atom. The molecule has 2 atom stereocenters. The number of fused-ring (bicyclic) bond motifs is 1. The zero-order chi connectivity index (χ0) is 32.3. The van der Waals surface area contributed by atoms with Gasteiger partial charge < -0.3 is 20.6 Å². The van der Waals surface area contributed by atoms with Crippen molar-refractivity contribution in [2.24, 2.45) is 17.5 Å². The van der Waals surface area contributed by atoms with Crippen LogP contribution in [-0.2, 0) is 13.1 Å². The number of benzene rings is 3. The van der Waals surface area contributed by atoms with Crippen molar-refractivity contribution in [3.8, 4) is 22.6 Å². The first-order valence-corrected chi connectivity index (χ1v) is 15.5. The van der Waals surface area contributed by atoms with Crippen LogP contribution >= 0.6 is 0 Å². The first kappa shape index (κ1) is 31.8. The Morgan fingerprint density at radius 2 is 1.80 bits per heavy atom. The van der Waals surface area contributed by atoms with Crippen molar-refractivity contribution >= 4 is 5.97 Å². The van der Waals surface area contributed by atoms with Gasteiger partial charge in [0.1, 0.15) is 16.9 Å². The number of hydrogen-bond acceptors (Lipinski definition) is 7. The summed E-state index contributed by atoms with van der Waals surface area (Å²) in [5.74, 6) is 5.66. The van der Waals surface area contributed by atoms with Crippen LogP contribution < -0.4 is 16.3 Å². The van der Waals surface area contributed by atoms with Crippen LogP contribution in [0.2, 0.25) is 0 Å². The third-order valence-electron chi connectivity index (χ3n) is 8.07. The van der Waals surface area contributed by atoms with Crippen molar-refractivity contribution in [2.75, 3.05) is 13.6 Å². The van der Waals surface area contributed by atoms with Gasteiger partial charge in [-0.15, -0.1) is 0 Å². The summed E-state index contributed by atoms with van der Waals surface area (Å²) in [6, 6.07) is 24.9. The Kier molecular flexibility index (Phi) is 9.32. The van der Waals surface area contributed by atoms with E-state index in [9.17, 15) is 9.90 Å². The Morgan fingerprint density at radius 3 is 2.53 bits per heavy atom. The normalized spacial score (nSPS) is 18.9. The SMILES string of the molecule is CC.CN(N)/C=C(\N)C1C[C@H]1c1c(C(=O)O)cnn1-c1cccc(-c2cccc(CN3Cc4ccccc4OC(C)(C)C3)c2)c1. The monoisotopic (exact) mass is 608 g/mol. The highest BCUT2D eigenvalue weighted by molar-refractivity contribution is 5.89. The first-order chi connectivity index (χ1) is 21.6. The lowest BCUT2D eigenvalue weighted by molar-refractivity contribution is 0.0680. The minimum Gasteiger partial charge on any atom is -0.486 e. The maximum atomic E-state index is 12.1. The summed E-state index contributed by atoms with van der Waals surface area (Å²) in [4.78, 5) is 14.6. The van der Waals surface area contributed by atoms with E-state index in [2.05, 4.69) is 72.4 Å². The van der Waals surface area contributed by atoms with E-state index in [0.717, 1.165) is 48.6 Å². The molecule has 4 aromatic rings. The fourth-order valence-corrected chi connectivity index (χ4v) is 6.22. The van der Waals surface area contributed by atoms with E-state index in [4.69, 9.17) is 16.3 Å². The van der Waals surface area contributed by atoms with Crippen molar-refractivity contribution in [1.29, 1.82) is 0 Å². The van der Waals surface area contributed by atoms with Crippen LogP contribution in [0.1, 0.15) is 67.2 Å². The molecule has 2 heterocycles. The molecule has 3 aromatic carbocycles. The first-order valence-electron chi connectivity index (χ1n) is 15.5. The molecule has 6 rings (SSSR count). The number of hydrazine groups is 1. The highest BCUT2D eigenvalue weighted by atomic mass is 16.5. The summed E-state index contributed by atoms with van der Waals surface area (Å²) in [5.41, 5.74) is 12.8. The maximum Gasteiger partial charge on any atom is 0.339 e. The smallest absolute Gasteiger partial charge is 0.339 e. The summed E-state index contributed by atoms with van der Waals surface area (Å²) in [6.45, 7) is 10.7. The zero-order valence-electron chi connectivity index (χ0n) is 26.8. The number of carboxylic acids is 1. The van der Waals surface area contributed by atoms with E-state index in [0.29, 0.717) is 11.4 Å². The molecule has 0 saturated heterocycles. The number of carboxylic acid groups (broad SMARTS) is 1. The fraction of sp³-hybridized carbons (Fsp3) is 0.333. The molecule has 0 radical (unpaired) electrons. The molecule has 5 N–H and O–H groups in total. The van der Waals surface area contributed by atoms with Gasteiger partial charge in [-0.3, -0.25) is 4.90 Å². The van der Waals surface area contributed by atoms with E-state index in [-0.39, 0.29) is 23.0 Å². The van der Waals surface area contributed by atoms with Crippen molar-refractivity contribution < 1.29 is 14.6 Å². The van der Waals surface area contributed by atoms with Crippen LogP contribution in [0.15, 0.2) is 90.9 Å². The molecule has 9 nitrogen and oxygen atoms in total. The number of aromatic carboxylic acids is 1. The molecule has 0 bridgehead atoms. The van der Waals surface area contributed by atoms with E-state index in [1.165, 1.54) is 22.3 Å². The lowest BCUT2D eigenvalue weighted by atomic mass is 10.0. The molecule has 45 heavy (non-hydrogen) atoms. The Labute approximate surface area is 265 Å². The molecule has 1 fully saturated rings. The number of aromatic nitrogens is 2. The topological polar surface area (TPSA) is 123 Å². The van der Waals surface area contributed by atoms with Gasteiger partial charge in [0, 0.05) is 56.0 Å². The Balaban J connectivity index is 0.00000196. The van der Waals surface area contributed by atoms with E-state index in [1.807, 2.05) is 38.1 Å². The van der Waals surface area contributed by atoms with Crippen LogP contribution in [-0.4, -0.2) is 50.0 Å². The van der Waals surface area contributed by atoms with Crippen molar-refractivity contribution in [2.45, 2.75) is 58.7 Å². The van der Waals surface area contributed by atoms with Gasteiger partial charge >= 0.3 is 5.97 Å². The van der Waals surface area contributed by atoms with Gasteiger partial charge in [-0.2, -0.15) is 5.10 Å². The predicted octanol–water partition coefficient (Wildman–Crippen LogP) is 6.15. The molecule has 236 valence electrons. The number of carbonyl (C=O) groups is 1. The predicted molar refractivity (Wildman–Crippen MR) is 178 cm³/mol. The summed E-state index contributed by atoms with van der Waals surface area (Å²) in [6.07, 6.45) is 3.85. The van der Waals surface area contributed by atoms with Crippen LogP contribution in [0.5, 0.6) is 5.75 Å². The second-order valence-electron chi connectivity index (χ2n) is 12.3. The third kappa shape index (κ3) is 7.21. The standard InChI is InChI=1S/C34H38N6O3.C2H6/c1-34(2)21-39(19-25-9-4-5-13-31(25)43-34)18-22-8-6-10-23(14-22)24-11-7-12-26(15-24)40-32(29(17-37-40)33(41)42)28-16-27(28)30(35)20-38(3)36;1-2/h4-15,17,20,27-28H,16,18-19,21,35-36H2,1-3H3,(H,41,42);1-2H3/b30-20-;/t27?,28-;/m1./s1. The van der Waals surface area contributed by atoms with E-state index < -0.39 is 5.97 Å². The second-order valence-corrected chi connectivity index (χ2v) is 12.3. The van der Waals surface area contributed by atoms with Crippen LogP contribution in [0.25, 0.3) is 16.8 Å². The summed E-state index contributed by atoms with van der Waals surface area (Å²) in [5, 5.41) is 15.9. The number of nitrogens with two attached hydrogens (primary N) is 2. The molecule has 0 amide bonds. The zero-order valence-corrected chi connectivity index (χ0v) is 26.8. The van der Waals surface area contributed by atoms with Crippen LogP contribution in [0, 0.1) is 5.92 Å². The van der Waals surface area contributed by atoms with Crippen molar-refractivity contribution in [3.05, 3.63) is 113 Å². The molecular formula is C36H44N6O3. The molecule has 1 aliphatic heterocycles. The van der Waals surface area contributed by atoms with Crippen LogP contribution in [0.3, 0.4) is 0 Å². The molecule has 0 spiro atoms. The van der Waals surface area contributed by atoms with Gasteiger partial charge in [0.2, 0.25) is 0 Å². The van der Waals surface area contributed by atoms with Gasteiger partial charge in [-0.25, -0.2) is 15.3 Å². The molecule has 1 aliphatic carbocycles. The van der Waals surface area contributed by atoms with Gasteiger partial charge in [-0.05, 0) is 61.2 Å². The highest BCUT2D eigenvalue weighted by Crippen LogP contribution is 2.52. The summed E-state index contributed by atoms with van der Waals surface area (Å²) < 4.78 is 8.09. The third-order valence-corrected chi connectivity index (χ3v) is 8.07.